The third-order valence-corrected chi connectivity index (χ3v) is 5.84. The van der Waals surface area contributed by atoms with Gasteiger partial charge in [-0.25, -0.2) is 4.98 Å². The Bertz CT molecular complexity index is 1350. The summed E-state index contributed by atoms with van der Waals surface area (Å²) < 4.78 is 0. The van der Waals surface area contributed by atoms with Crippen LogP contribution in [0.4, 0.5) is 5.69 Å². The van der Waals surface area contributed by atoms with Crippen molar-refractivity contribution in [2.24, 2.45) is 5.73 Å². The highest BCUT2D eigenvalue weighted by Gasteiger charge is 2.17. The van der Waals surface area contributed by atoms with E-state index in [-0.39, 0.29) is 6.04 Å². The molecule has 6 N–H and O–H groups in total. The summed E-state index contributed by atoms with van der Waals surface area (Å²) in [6, 6.07) is 22.4. The van der Waals surface area contributed by atoms with Crippen LogP contribution in [0.5, 0.6) is 0 Å². The predicted octanol–water partition coefficient (Wildman–Crippen LogP) is 4.62. The van der Waals surface area contributed by atoms with Crippen molar-refractivity contribution >= 4 is 16.6 Å². The zero-order chi connectivity index (χ0) is 22.1. The number of rotatable bonds is 6. The standard InChI is InChI=1S/C26H26N6/c1-16-20-13-18(9-10-23(20)32-31-16)21-15-22(28)25(30-26(21)24-8-5-11-29-24)14-19(27)12-17-6-3-2-4-7-17/h2-11,13,15,19,29H,12,14,27-28H2,1H3,(H,31,32)/t19-/m0/s1. The average molecular weight is 423 g/mol. The molecule has 2 aromatic carbocycles. The summed E-state index contributed by atoms with van der Waals surface area (Å²) in [5.74, 6) is 0. The number of aromatic amines is 2. The van der Waals surface area contributed by atoms with Crippen molar-refractivity contribution in [2.75, 3.05) is 5.73 Å². The Morgan fingerprint density at radius 1 is 0.969 bits per heavy atom. The Kier molecular flexibility index (Phi) is 5.21. The SMILES string of the molecule is Cc1[nH]nc2ccc(-c3cc(N)c(C[C@@H](N)Cc4ccccc4)nc3-c3ccc[nH]3)cc12. The van der Waals surface area contributed by atoms with Crippen molar-refractivity contribution in [2.45, 2.75) is 25.8 Å². The Morgan fingerprint density at radius 2 is 1.81 bits per heavy atom. The summed E-state index contributed by atoms with van der Waals surface area (Å²) in [6.45, 7) is 2.02. The number of anilines is 1. The van der Waals surface area contributed by atoms with Crippen LogP contribution in [-0.2, 0) is 12.8 Å². The molecule has 3 aromatic heterocycles. The van der Waals surface area contributed by atoms with Gasteiger partial charge >= 0.3 is 0 Å². The maximum Gasteiger partial charge on any atom is 0.0947 e. The molecule has 0 bridgehead atoms. The summed E-state index contributed by atoms with van der Waals surface area (Å²) in [4.78, 5) is 8.30. The predicted molar refractivity (Wildman–Crippen MR) is 130 cm³/mol. The number of nitrogens with zero attached hydrogens (tertiary/aromatic N) is 2. The molecule has 0 fully saturated rings. The Balaban J connectivity index is 1.54. The van der Waals surface area contributed by atoms with Crippen LogP contribution in [-0.4, -0.2) is 26.2 Å². The Hall–Kier alpha value is -3.90. The molecule has 0 spiro atoms. The molecule has 5 aromatic rings. The van der Waals surface area contributed by atoms with Crippen molar-refractivity contribution in [3.8, 4) is 22.5 Å². The van der Waals surface area contributed by atoms with Gasteiger partial charge in [-0.3, -0.25) is 5.10 Å². The number of nitrogens with two attached hydrogens (primary N) is 2. The Labute approximate surface area is 186 Å². The lowest BCUT2D eigenvalue weighted by Crippen LogP contribution is -2.26. The molecule has 32 heavy (non-hydrogen) atoms. The van der Waals surface area contributed by atoms with E-state index in [1.165, 1.54) is 5.56 Å². The van der Waals surface area contributed by atoms with E-state index in [4.69, 9.17) is 16.5 Å². The second-order valence-electron chi connectivity index (χ2n) is 8.24. The van der Waals surface area contributed by atoms with Crippen molar-refractivity contribution in [1.29, 1.82) is 0 Å². The van der Waals surface area contributed by atoms with E-state index in [0.717, 1.165) is 51.2 Å². The maximum absolute atomic E-state index is 6.50. The normalized spacial score (nSPS) is 12.3. The van der Waals surface area contributed by atoms with Crippen LogP contribution in [0.2, 0.25) is 0 Å². The largest absolute Gasteiger partial charge is 0.397 e. The monoisotopic (exact) mass is 422 g/mol. The molecule has 0 aliphatic carbocycles. The molecule has 0 saturated heterocycles. The first-order valence-electron chi connectivity index (χ1n) is 10.8. The van der Waals surface area contributed by atoms with E-state index in [9.17, 15) is 0 Å². The van der Waals surface area contributed by atoms with Crippen molar-refractivity contribution < 1.29 is 0 Å². The van der Waals surface area contributed by atoms with Crippen molar-refractivity contribution in [1.82, 2.24) is 20.2 Å². The molecule has 5 rings (SSSR count). The molecule has 0 aliphatic heterocycles. The number of pyridine rings is 1. The third-order valence-electron chi connectivity index (χ3n) is 5.84. The number of H-pyrrole nitrogens is 2. The van der Waals surface area contributed by atoms with Crippen molar-refractivity contribution in [3.05, 3.63) is 89.9 Å². The molecule has 6 nitrogen and oxygen atoms in total. The number of nitrogens with one attached hydrogen (secondary N) is 2. The number of benzene rings is 2. The molecule has 160 valence electrons. The summed E-state index contributed by atoms with van der Waals surface area (Å²) in [7, 11) is 0. The van der Waals surface area contributed by atoms with E-state index in [2.05, 4.69) is 39.4 Å². The molecule has 1 atom stereocenters. The van der Waals surface area contributed by atoms with Gasteiger partial charge in [0.1, 0.15) is 0 Å². The topological polar surface area (TPSA) is 109 Å². The minimum absolute atomic E-state index is 0.0699. The second-order valence-corrected chi connectivity index (χ2v) is 8.24. The fourth-order valence-electron chi connectivity index (χ4n) is 4.18. The lowest BCUT2D eigenvalue weighted by molar-refractivity contribution is 0.656. The van der Waals surface area contributed by atoms with E-state index < -0.39 is 0 Å². The first kappa shape index (κ1) is 20.0. The van der Waals surface area contributed by atoms with E-state index in [0.29, 0.717) is 12.1 Å². The van der Waals surface area contributed by atoms with Gasteiger partial charge in [-0.2, -0.15) is 5.10 Å². The highest BCUT2D eigenvalue weighted by atomic mass is 15.1. The van der Waals surface area contributed by atoms with Crippen LogP contribution < -0.4 is 11.5 Å². The zero-order valence-corrected chi connectivity index (χ0v) is 18.0. The number of hydrogen-bond donors (Lipinski definition) is 4. The van der Waals surface area contributed by atoms with Crippen LogP contribution in [0.15, 0.2) is 72.9 Å². The highest BCUT2D eigenvalue weighted by Crippen LogP contribution is 2.34. The van der Waals surface area contributed by atoms with Gasteiger partial charge in [0.15, 0.2) is 0 Å². The smallest absolute Gasteiger partial charge is 0.0947 e. The number of fused-ring (bicyclic) bond motifs is 1. The minimum atomic E-state index is -0.0699. The van der Waals surface area contributed by atoms with Gasteiger partial charge < -0.3 is 16.5 Å². The van der Waals surface area contributed by atoms with Gasteiger partial charge in [-0.05, 0) is 54.8 Å². The van der Waals surface area contributed by atoms with E-state index in [1.54, 1.807) is 0 Å². The highest BCUT2D eigenvalue weighted by molar-refractivity contribution is 5.90. The molecule has 0 saturated carbocycles. The van der Waals surface area contributed by atoms with Gasteiger partial charge in [0.05, 0.1) is 28.3 Å². The summed E-state index contributed by atoms with van der Waals surface area (Å²) in [5, 5.41) is 8.48. The molecule has 0 radical (unpaired) electrons. The van der Waals surface area contributed by atoms with Crippen LogP contribution in [0.3, 0.4) is 0 Å². The van der Waals surface area contributed by atoms with Gasteiger partial charge in [0, 0.05) is 35.3 Å². The van der Waals surface area contributed by atoms with Crippen LogP contribution in [0, 0.1) is 6.92 Å². The Morgan fingerprint density at radius 3 is 2.59 bits per heavy atom. The lowest BCUT2D eigenvalue weighted by atomic mass is 9.97. The van der Waals surface area contributed by atoms with Gasteiger partial charge in [-0.1, -0.05) is 36.4 Å². The lowest BCUT2D eigenvalue weighted by Gasteiger charge is -2.16. The number of aromatic nitrogens is 4. The molecule has 0 aliphatic rings. The summed E-state index contributed by atoms with van der Waals surface area (Å²) in [5.41, 5.74) is 21.5. The first-order chi connectivity index (χ1) is 15.6. The molecular weight excluding hydrogens is 396 g/mol. The summed E-state index contributed by atoms with van der Waals surface area (Å²) >= 11 is 0. The fraction of sp³-hybridized carbons (Fsp3) is 0.154. The molecule has 0 unspecified atom stereocenters. The number of hydrogen-bond acceptors (Lipinski definition) is 4. The van der Waals surface area contributed by atoms with Gasteiger partial charge in [-0.15, -0.1) is 0 Å². The average Bonchev–Trinajstić information content (AvgIpc) is 3.46. The van der Waals surface area contributed by atoms with Crippen LogP contribution >= 0.6 is 0 Å². The van der Waals surface area contributed by atoms with Crippen LogP contribution in [0.1, 0.15) is 17.0 Å². The fourth-order valence-corrected chi connectivity index (χ4v) is 4.18. The first-order valence-corrected chi connectivity index (χ1v) is 10.8. The molecule has 6 heteroatoms. The van der Waals surface area contributed by atoms with E-state index in [1.807, 2.05) is 55.6 Å². The zero-order valence-electron chi connectivity index (χ0n) is 18.0. The second kappa shape index (κ2) is 8.32. The van der Waals surface area contributed by atoms with E-state index >= 15 is 0 Å². The number of nitrogen functional groups attached to an aromatic ring is 1. The number of aryl methyl sites for hydroxylation is 1. The summed E-state index contributed by atoms with van der Waals surface area (Å²) in [6.07, 6.45) is 3.29. The quantitative estimate of drug-likeness (QED) is 0.320. The molecular formula is C26H26N6. The van der Waals surface area contributed by atoms with Crippen molar-refractivity contribution in [3.63, 3.8) is 0 Å². The van der Waals surface area contributed by atoms with Gasteiger partial charge in [0.25, 0.3) is 0 Å². The maximum atomic E-state index is 6.50. The van der Waals surface area contributed by atoms with Gasteiger partial charge in [0.2, 0.25) is 0 Å². The molecule has 0 amide bonds. The minimum Gasteiger partial charge on any atom is -0.397 e. The van der Waals surface area contributed by atoms with Crippen LogP contribution in [0.25, 0.3) is 33.4 Å². The third kappa shape index (κ3) is 3.88. The molecule has 3 heterocycles.